The number of nitrogens with zero attached hydrogens (tertiary/aromatic N) is 2. The molecule has 0 bridgehead atoms. The summed E-state index contributed by atoms with van der Waals surface area (Å²) in [6, 6.07) is 14.3. The SMILES string of the molecule is O=C(NCCc1ccc(F)cc1)C1CCN(C(=O)CSc2nc3ccccc3s2)CC1. The average Bonchev–Trinajstić information content (AvgIpc) is 3.22. The Balaban J connectivity index is 1.17. The third-order valence-corrected chi connectivity index (χ3v) is 7.60. The van der Waals surface area contributed by atoms with E-state index in [2.05, 4.69) is 10.3 Å². The van der Waals surface area contributed by atoms with E-state index in [1.165, 1.54) is 23.9 Å². The first-order valence-corrected chi connectivity index (χ1v) is 12.2. The number of hydrogen-bond acceptors (Lipinski definition) is 5. The number of hydrogen-bond donors (Lipinski definition) is 1. The molecule has 5 nitrogen and oxygen atoms in total. The molecule has 3 aromatic rings. The molecule has 8 heteroatoms. The van der Waals surface area contributed by atoms with E-state index in [1.807, 2.05) is 29.2 Å². The van der Waals surface area contributed by atoms with Gasteiger partial charge >= 0.3 is 0 Å². The van der Waals surface area contributed by atoms with Crippen molar-refractivity contribution in [3.63, 3.8) is 0 Å². The first-order valence-electron chi connectivity index (χ1n) is 10.4. The van der Waals surface area contributed by atoms with Crippen molar-refractivity contribution in [3.8, 4) is 0 Å². The van der Waals surface area contributed by atoms with Gasteiger partial charge < -0.3 is 10.2 Å². The van der Waals surface area contributed by atoms with Crippen LogP contribution in [0.4, 0.5) is 4.39 Å². The number of piperidine rings is 1. The molecule has 0 aliphatic carbocycles. The molecule has 2 heterocycles. The van der Waals surface area contributed by atoms with Gasteiger partial charge in [-0.1, -0.05) is 36.0 Å². The topological polar surface area (TPSA) is 62.3 Å². The monoisotopic (exact) mass is 457 g/mol. The lowest BCUT2D eigenvalue weighted by Gasteiger charge is -2.31. The van der Waals surface area contributed by atoms with E-state index in [-0.39, 0.29) is 23.5 Å². The molecule has 2 amide bonds. The molecule has 2 aromatic carbocycles. The standard InChI is InChI=1S/C23H24FN3O2S2/c24-18-7-5-16(6-8-18)9-12-25-22(29)17-10-13-27(14-11-17)21(28)15-30-23-26-19-3-1-2-4-20(19)31-23/h1-8,17H,9-15H2,(H,25,29). The molecule has 1 aliphatic heterocycles. The Bertz CT molecular complexity index is 1010. The van der Waals surface area contributed by atoms with E-state index >= 15 is 0 Å². The van der Waals surface area contributed by atoms with Crippen molar-refractivity contribution in [2.45, 2.75) is 23.6 Å². The van der Waals surface area contributed by atoms with Crippen LogP contribution >= 0.6 is 23.1 Å². The zero-order valence-electron chi connectivity index (χ0n) is 17.1. The van der Waals surface area contributed by atoms with Gasteiger partial charge in [-0.3, -0.25) is 9.59 Å². The summed E-state index contributed by atoms with van der Waals surface area (Å²) in [7, 11) is 0. The highest BCUT2D eigenvalue weighted by Crippen LogP contribution is 2.29. The lowest BCUT2D eigenvalue weighted by atomic mass is 9.96. The van der Waals surface area contributed by atoms with Gasteiger partial charge in [-0.2, -0.15) is 0 Å². The summed E-state index contributed by atoms with van der Waals surface area (Å²) >= 11 is 3.08. The number of thioether (sulfide) groups is 1. The summed E-state index contributed by atoms with van der Waals surface area (Å²) in [5, 5.41) is 2.97. The maximum Gasteiger partial charge on any atom is 0.233 e. The van der Waals surface area contributed by atoms with Crippen LogP contribution in [0.3, 0.4) is 0 Å². The van der Waals surface area contributed by atoms with Crippen LogP contribution in [-0.4, -0.2) is 47.1 Å². The van der Waals surface area contributed by atoms with Crippen molar-refractivity contribution in [1.29, 1.82) is 0 Å². The summed E-state index contributed by atoms with van der Waals surface area (Å²) in [6.45, 7) is 1.74. The van der Waals surface area contributed by atoms with Crippen molar-refractivity contribution in [1.82, 2.24) is 15.2 Å². The molecule has 1 saturated heterocycles. The van der Waals surface area contributed by atoms with Crippen LogP contribution in [0.5, 0.6) is 0 Å². The second-order valence-corrected chi connectivity index (χ2v) is 9.81. The lowest BCUT2D eigenvalue weighted by Crippen LogP contribution is -2.43. The van der Waals surface area contributed by atoms with Gasteiger partial charge in [0, 0.05) is 25.6 Å². The maximum atomic E-state index is 12.9. The van der Waals surface area contributed by atoms with Crippen molar-refractivity contribution in [2.75, 3.05) is 25.4 Å². The lowest BCUT2D eigenvalue weighted by molar-refractivity contribution is -0.133. The third-order valence-electron chi connectivity index (χ3n) is 5.44. The second-order valence-electron chi connectivity index (χ2n) is 7.56. The largest absolute Gasteiger partial charge is 0.356 e. The first-order chi connectivity index (χ1) is 15.1. The molecule has 0 radical (unpaired) electrons. The van der Waals surface area contributed by atoms with Gasteiger partial charge in [-0.05, 0) is 49.1 Å². The minimum absolute atomic E-state index is 0.0399. The number of nitrogens with one attached hydrogen (secondary N) is 1. The van der Waals surface area contributed by atoms with E-state index in [4.69, 9.17) is 0 Å². The predicted octanol–water partition coefficient (Wildman–Crippen LogP) is 4.13. The van der Waals surface area contributed by atoms with E-state index in [9.17, 15) is 14.0 Å². The van der Waals surface area contributed by atoms with Crippen molar-refractivity contribution in [2.24, 2.45) is 5.92 Å². The van der Waals surface area contributed by atoms with E-state index in [1.54, 1.807) is 23.5 Å². The first kappa shape index (κ1) is 21.8. The summed E-state index contributed by atoms with van der Waals surface area (Å²) < 4.78 is 15.0. The fourth-order valence-corrected chi connectivity index (χ4v) is 5.62. The Labute approximate surface area is 189 Å². The normalized spacial score (nSPS) is 14.7. The van der Waals surface area contributed by atoms with Gasteiger partial charge in [-0.15, -0.1) is 11.3 Å². The zero-order valence-corrected chi connectivity index (χ0v) is 18.7. The summed E-state index contributed by atoms with van der Waals surface area (Å²) in [4.78, 5) is 31.4. The number of benzene rings is 2. The minimum Gasteiger partial charge on any atom is -0.356 e. The van der Waals surface area contributed by atoms with Crippen LogP contribution in [0.15, 0.2) is 52.9 Å². The quantitative estimate of drug-likeness (QED) is 0.542. The number of amides is 2. The maximum absolute atomic E-state index is 12.9. The Kier molecular flexibility index (Phi) is 7.19. The number of halogens is 1. The van der Waals surface area contributed by atoms with Gasteiger partial charge in [0.2, 0.25) is 11.8 Å². The smallest absolute Gasteiger partial charge is 0.233 e. The molecule has 0 atom stereocenters. The number of fused-ring (bicyclic) bond motifs is 1. The number of carbonyl (C=O) groups is 2. The van der Waals surface area contributed by atoms with Gasteiger partial charge in [-0.25, -0.2) is 9.37 Å². The van der Waals surface area contributed by atoms with E-state index < -0.39 is 0 Å². The molecule has 0 unspecified atom stereocenters. The van der Waals surface area contributed by atoms with Crippen LogP contribution < -0.4 is 5.32 Å². The van der Waals surface area contributed by atoms with Gasteiger partial charge in [0.05, 0.1) is 16.0 Å². The molecule has 31 heavy (non-hydrogen) atoms. The highest BCUT2D eigenvalue weighted by Gasteiger charge is 2.27. The van der Waals surface area contributed by atoms with Crippen LogP contribution in [0.25, 0.3) is 10.2 Å². The third kappa shape index (κ3) is 5.83. The highest BCUT2D eigenvalue weighted by molar-refractivity contribution is 8.01. The highest BCUT2D eigenvalue weighted by atomic mass is 32.2. The second kappa shape index (κ2) is 10.2. The number of rotatable bonds is 7. The van der Waals surface area contributed by atoms with E-state index in [0.717, 1.165) is 20.1 Å². The number of carbonyl (C=O) groups excluding carboxylic acids is 2. The van der Waals surface area contributed by atoms with Crippen molar-refractivity contribution in [3.05, 3.63) is 59.9 Å². The molecule has 0 saturated carbocycles. The molecule has 1 N–H and O–H groups in total. The van der Waals surface area contributed by atoms with Crippen molar-refractivity contribution >= 4 is 45.1 Å². The Morgan fingerprint density at radius 3 is 2.61 bits per heavy atom. The number of para-hydroxylation sites is 1. The summed E-state index contributed by atoms with van der Waals surface area (Å²) in [5.74, 6) is 0.188. The molecule has 1 aromatic heterocycles. The molecule has 4 rings (SSSR count). The zero-order chi connectivity index (χ0) is 21.6. The molecule has 0 spiro atoms. The number of likely N-dealkylation sites (tertiary alicyclic amines) is 1. The summed E-state index contributed by atoms with van der Waals surface area (Å²) in [5.41, 5.74) is 1.96. The molecular weight excluding hydrogens is 433 g/mol. The van der Waals surface area contributed by atoms with Crippen LogP contribution in [0.1, 0.15) is 18.4 Å². The number of aromatic nitrogens is 1. The fraction of sp³-hybridized carbons (Fsp3) is 0.348. The predicted molar refractivity (Wildman–Crippen MR) is 123 cm³/mol. The minimum atomic E-state index is -0.257. The van der Waals surface area contributed by atoms with Gasteiger partial charge in [0.15, 0.2) is 4.34 Å². The molecule has 1 fully saturated rings. The van der Waals surface area contributed by atoms with E-state index in [0.29, 0.717) is 44.6 Å². The van der Waals surface area contributed by atoms with Crippen molar-refractivity contribution < 1.29 is 14.0 Å². The average molecular weight is 458 g/mol. The van der Waals surface area contributed by atoms with Crippen LogP contribution in [-0.2, 0) is 16.0 Å². The fourth-order valence-electron chi connectivity index (χ4n) is 3.64. The number of thiazole rings is 1. The summed E-state index contributed by atoms with van der Waals surface area (Å²) in [6.07, 6.45) is 2.03. The Hall–Kier alpha value is -2.45. The molecule has 162 valence electrons. The molecule has 1 aliphatic rings. The van der Waals surface area contributed by atoms with Crippen LogP contribution in [0, 0.1) is 11.7 Å². The van der Waals surface area contributed by atoms with Crippen LogP contribution in [0.2, 0.25) is 0 Å². The Morgan fingerprint density at radius 1 is 1.13 bits per heavy atom. The van der Waals surface area contributed by atoms with Gasteiger partial charge in [0.1, 0.15) is 5.82 Å². The Morgan fingerprint density at radius 2 is 1.87 bits per heavy atom. The van der Waals surface area contributed by atoms with Gasteiger partial charge in [0.25, 0.3) is 0 Å². The molecular formula is C23H24FN3O2S2.